The third-order valence-electron chi connectivity index (χ3n) is 4.70. The molecule has 0 fully saturated rings. The second-order valence-electron chi connectivity index (χ2n) is 6.58. The molecule has 142 valence electrons. The minimum atomic E-state index is -4.54. The van der Waals surface area contributed by atoms with Gasteiger partial charge >= 0.3 is 6.18 Å². The van der Waals surface area contributed by atoms with Crippen LogP contribution in [-0.2, 0) is 30.6 Å². The topological polar surface area (TPSA) is 68.8 Å². The van der Waals surface area contributed by atoms with E-state index in [1.807, 2.05) is 25.1 Å². The molecule has 0 saturated heterocycles. The van der Waals surface area contributed by atoms with Crippen molar-refractivity contribution in [1.29, 1.82) is 0 Å². The number of halogens is 3. The third kappa shape index (κ3) is 3.26. The molecule has 0 atom stereocenters. The van der Waals surface area contributed by atoms with Crippen LogP contribution in [0.2, 0.25) is 0 Å². The number of aromatic nitrogens is 5. The van der Waals surface area contributed by atoms with Gasteiger partial charge in [-0.25, -0.2) is 0 Å². The smallest absolute Gasteiger partial charge is 0.333 e. The van der Waals surface area contributed by atoms with Crippen molar-refractivity contribution in [3.8, 4) is 0 Å². The van der Waals surface area contributed by atoms with Gasteiger partial charge in [-0.05, 0) is 18.6 Å². The van der Waals surface area contributed by atoms with Crippen LogP contribution in [0.5, 0.6) is 0 Å². The summed E-state index contributed by atoms with van der Waals surface area (Å²) in [5.74, 6) is -1.00. The van der Waals surface area contributed by atoms with E-state index in [9.17, 15) is 18.0 Å². The molecule has 1 aliphatic heterocycles. The van der Waals surface area contributed by atoms with Crippen LogP contribution in [-0.4, -0.2) is 41.9 Å². The Balaban J connectivity index is 1.43. The normalized spacial score (nSPS) is 14.6. The van der Waals surface area contributed by atoms with Crippen molar-refractivity contribution in [2.75, 3.05) is 6.54 Å². The van der Waals surface area contributed by atoms with Crippen molar-refractivity contribution in [3.63, 3.8) is 0 Å². The molecule has 3 heterocycles. The molecule has 0 saturated carbocycles. The highest BCUT2D eigenvalue weighted by Gasteiger charge is 2.39. The van der Waals surface area contributed by atoms with E-state index < -0.39 is 12.0 Å². The van der Waals surface area contributed by atoms with Crippen LogP contribution in [0.3, 0.4) is 0 Å². The number of hydrogen-bond acceptors (Lipinski definition) is 4. The maximum absolute atomic E-state index is 12.9. The Bertz CT molecular complexity index is 1010. The Morgan fingerprint density at radius 1 is 1.22 bits per heavy atom. The average molecular weight is 378 g/mol. The molecule has 3 aromatic rings. The van der Waals surface area contributed by atoms with Crippen molar-refractivity contribution in [2.45, 2.75) is 39.2 Å². The van der Waals surface area contributed by atoms with Gasteiger partial charge < -0.3 is 9.47 Å². The largest absolute Gasteiger partial charge is 0.451 e. The van der Waals surface area contributed by atoms with Crippen LogP contribution < -0.4 is 0 Å². The summed E-state index contributed by atoms with van der Waals surface area (Å²) < 4.78 is 41.5. The molecule has 0 radical (unpaired) electrons. The van der Waals surface area contributed by atoms with E-state index in [4.69, 9.17) is 0 Å². The summed E-state index contributed by atoms with van der Waals surface area (Å²) in [5, 5.41) is 12.1. The van der Waals surface area contributed by atoms with Gasteiger partial charge in [0.25, 0.3) is 0 Å². The lowest BCUT2D eigenvalue weighted by Crippen LogP contribution is -2.39. The number of alkyl halides is 3. The minimum Gasteiger partial charge on any atom is -0.333 e. The predicted molar refractivity (Wildman–Crippen MR) is 89.5 cm³/mol. The van der Waals surface area contributed by atoms with Crippen molar-refractivity contribution < 1.29 is 18.0 Å². The van der Waals surface area contributed by atoms with Gasteiger partial charge in [0.05, 0.1) is 24.8 Å². The second-order valence-corrected chi connectivity index (χ2v) is 6.58. The first kappa shape index (κ1) is 17.5. The Labute approximate surface area is 152 Å². The van der Waals surface area contributed by atoms with E-state index in [1.54, 1.807) is 10.9 Å². The maximum Gasteiger partial charge on any atom is 0.451 e. The SMILES string of the molecule is Cc1ccc2cnn(CCC(=O)N3CCn4c(nnc4C(F)(F)F)C3)c2c1. The number of nitrogens with zero attached hydrogens (tertiary/aromatic N) is 6. The van der Waals surface area contributed by atoms with Gasteiger partial charge in [-0.3, -0.25) is 9.48 Å². The average Bonchev–Trinajstić information content (AvgIpc) is 3.22. The Hall–Kier alpha value is -2.91. The molecule has 1 amide bonds. The highest BCUT2D eigenvalue weighted by atomic mass is 19.4. The van der Waals surface area contributed by atoms with Gasteiger partial charge in [0, 0.05) is 24.9 Å². The molecule has 7 nitrogen and oxygen atoms in total. The maximum atomic E-state index is 12.9. The molecule has 1 aliphatic rings. The number of carbonyl (C=O) groups is 1. The second kappa shape index (κ2) is 6.36. The summed E-state index contributed by atoms with van der Waals surface area (Å²) in [5.41, 5.74) is 2.06. The fraction of sp³-hybridized carbons (Fsp3) is 0.412. The predicted octanol–water partition coefficient (Wildman–Crippen LogP) is 2.39. The fourth-order valence-electron chi connectivity index (χ4n) is 3.30. The molecule has 0 aliphatic carbocycles. The highest BCUT2D eigenvalue weighted by molar-refractivity contribution is 5.80. The standard InChI is InChI=1S/C17H17F3N6O/c1-11-2-3-12-9-21-26(13(12)8-11)5-4-15(27)24-6-7-25-14(10-24)22-23-16(25)17(18,19)20/h2-3,8-9H,4-7,10H2,1H3. The van der Waals surface area contributed by atoms with Crippen molar-refractivity contribution in [2.24, 2.45) is 0 Å². The molecule has 27 heavy (non-hydrogen) atoms. The van der Waals surface area contributed by atoms with E-state index in [0.717, 1.165) is 21.0 Å². The fourth-order valence-corrected chi connectivity index (χ4v) is 3.30. The first-order valence-corrected chi connectivity index (χ1v) is 8.52. The Kier molecular flexibility index (Phi) is 4.12. The van der Waals surface area contributed by atoms with Crippen LogP contribution >= 0.6 is 0 Å². The lowest BCUT2D eigenvalue weighted by Gasteiger charge is -2.28. The number of hydrogen-bond donors (Lipinski definition) is 0. The van der Waals surface area contributed by atoms with Gasteiger partial charge in [0.1, 0.15) is 0 Å². The van der Waals surface area contributed by atoms with E-state index in [2.05, 4.69) is 15.3 Å². The summed E-state index contributed by atoms with van der Waals surface area (Å²) in [6, 6.07) is 5.99. The van der Waals surface area contributed by atoms with Crippen LogP contribution in [0.4, 0.5) is 13.2 Å². The molecular weight excluding hydrogens is 361 g/mol. The zero-order valence-corrected chi connectivity index (χ0v) is 14.6. The lowest BCUT2D eigenvalue weighted by atomic mass is 10.2. The van der Waals surface area contributed by atoms with Crippen LogP contribution in [0, 0.1) is 6.92 Å². The number of carbonyl (C=O) groups excluding carboxylic acids is 1. The molecule has 1 aromatic carbocycles. The van der Waals surface area contributed by atoms with Crippen molar-refractivity contribution >= 4 is 16.8 Å². The van der Waals surface area contributed by atoms with Gasteiger partial charge in [-0.15, -0.1) is 10.2 Å². The van der Waals surface area contributed by atoms with Gasteiger partial charge in [0.2, 0.25) is 11.7 Å². The molecular formula is C17H17F3N6O. The Morgan fingerprint density at radius 3 is 2.81 bits per heavy atom. The molecule has 4 rings (SSSR count). The van der Waals surface area contributed by atoms with Crippen molar-refractivity contribution in [3.05, 3.63) is 41.6 Å². The Morgan fingerprint density at radius 2 is 2.04 bits per heavy atom. The first-order valence-electron chi connectivity index (χ1n) is 8.52. The monoisotopic (exact) mass is 378 g/mol. The highest BCUT2D eigenvalue weighted by Crippen LogP contribution is 2.29. The zero-order chi connectivity index (χ0) is 19.2. The molecule has 0 unspecified atom stereocenters. The quantitative estimate of drug-likeness (QED) is 0.702. The molecule has 0 spiro atoms. The van der Waals surface area contributed by atoms with E-state index in [-0.39, 0.29) is 37.8 Å². The lowest BCUT2D eigenvalue weighted by molar-refractivity contribution is -0.148. The minimum absolute atomic E-state index is 0.0286. The molecule has 0 bridgehead atoms. The first-order chi connectivity index (χ1) is 12.8. The summed E-state index contributed by atoms with van der Waals surface area (Å²) >= 11 is 0. The summed E-state index contributed by atoms with van der Waals surface area (Å²) in [6.45, 7) is 2.66. The van der Waals surface area contributed by atoms with Gasteiger partial charge in [0.15, 0.2) is 5.82 Å². The zero-order valence-electron chi connectivity index (χ0n) is 14.6. The molecule has 0 N–H and O–H groups in total. The number of benzene rings is 1. The number of aryl methyl sites for hydroxylation is 2. The van der Waals surface area contributed by atoms with Crippen molar-refractivity contribution in [1.82, 2.24) is 29.4 Å². The van der Waals surface area contributed by atoms with Crippen LogP contribution in [0.25, 0.3) is 10.9 Å². The summed E-state index contributed by atoms with van der Waals surface area (Å²) in [6.07, 6.45) is -2.58. The number of rotatable bonds is 3. The van der Waals surface area contributed by atoms with E-state index >= 15 is 0 Å². The van der Waals surface area contributed by atoms with Crippen LogP contribution in [0.1, 0.15) is 23.6 Å². The van der Waals surface area contributed by atoms with Gasteiger partial charge in [-0.1, -0.05) is 12.1 Å². The van der Waals surface area contributed by atoms with Gasteiger partial charge in [-0.2, -0.15) is 18.3 Å². The third-order valence-corrected chi connectivity index (χ3v) is 4.70. The summed E-state index contributed by atoms with van der Waals surface area (Å²) in [4.78, 5) is 14.0. The number of amides is 1. The summed E-state index contributed by atoms with van der Waals surface area (Å²) in [7, 11) is 0. The molecule has 2 aromatic heterocycles. The van der Waals surface area contributed by atoms with E-state index in [0.29, 0.717) is 6.54 Å². The number of fused-ring (bicyclic) bond motifs is 2. The van der Waals surface area contributed by atoms with E-state index in [1.165, 1.54) is 4.90 Å². The van der Waals surface area contributed by atoms with Crippen LogP contribution in [0.15, 0.2) is 24.4 Å². The molecule has 10 heteroatoms.